The first-order valence-electron chi connectivity index (χ1n) is 5.59. The Labute approximate surface area is 106 Å². The van der Waals surface area contributed by atoms with Crippen molar-refractivity contribution in [2.24, 2.45) is 0 Å². The number of rotatable bonds is 6. The summed E-state index contributed by atoms with van der Waals surface area (Å²) in [7, 11) is 0. The Morgan fingerprint density at radius 3 is 2.89 bits per heavy atom. The van der Waals surface area contributed by atoms with E-state index < -0.39 is 0 Å². The van der Waals surface area contributed by atoms with Crippen LogP contribution < -0.4 is 10.6 Å². The summed E-state index contributed by atoms with van der Waals surface area (Å²) in [6.07, 6.45) is 0.315. The molecule has 0 saturated heterocycles. The summed E-state index contributed by atoms with van der Waals surface area (Å²) in [5.41, 5.74) is 1.56. The van der Waals surface area contributed by atoms with Gasteiger partial charge in [0.05, 0.1) is 30.7 Å². The SMILES string of the molecule is N#CCCNC(=O)CNCc1cccc(C#N)c1. The zero-order valence-electron chi connectivity index (χ0n) is 9.94. The topological polar surface area (TPSA) is 88.7 Å². The van der Waals surface area contributed by atoms with E-state index in [1.807, 2.05) is 18.2 Å². The number of amides is 1. The van der Waals surface area contributed by atoms with E-state index in [0.29, 0.717) is 25.1 Å². The van der Waals surface area contributed by atoms with Gasteiger partial charge in [0.15, 0.2) is 0 Å². The minimum absolute atomic E-state index is 0.137. The molecule has 0 aliphatic heterocycles. The Bertz CT molecular complexity index is 484. The number of benzene rings is 1. The Hall–Kier alpha value is -2.37. The fourth-order valence-electron chi connectivity index (χ4n) is 1.39. The molecule has 0 aliphatic rings. The number of nitriles is 2. The van der Waals surface area contributed by atoms with Crippen LogP contribution in [0.4, 0.5) is 0 Å². The van der Waals surface area contributed by atoms with Crippen LogP contribution in [0.15, 0.2) is 24.3 Å². The molecule has 0 spiro atoms. The maximum absolute atomic E-state index is 11.3. The third kappa shape index (κ3) is 5.11. The van der Waals surface area contributed by atoms with Gasteiger partial charge in [0, 0.05) is 13.1 Å². The first kappa shape index (κ1) is 13.7. The average molecular weight is 242 g/mol. The Morgan fingerprint density at radius 2 is 2.17 bits per heavy atom. The smallest absolute Gasteiger partial charge is 0.234 e. The number of hydrogen-bond donors (Lipinski definition) is 2. The van der Waals surface area contributed by atoms with Crippen molar-refractivity contribution in [1.82, 2.24) is 10.6 Å². The van der Waals surface area contributed by atoms with Crippen molar-refractivity contribution in [3.8, 4) is 12.1 Å². The molecule has 1 aromatic rings. The van der Waals surface area contributed by atoms with E-state index in [2.05, 4.69) is 16.7 Å². The van der Waals surface area contributed by atoms with Crippen molar-refractivity contribution < 1.29 is 4.79 Å². The largest absolute Gasteiger partial charge is 0.354 e. The van der Waals surface area contributed by atoms with Crippen LogP contribution in [-0.2, 0) is 11.3 Å². The second-order valence-corrected chi connectivity index (χ2v) is 3.67. The van der Waals surface area contributed by atoms with E-state index in [1.165, 1.54) is 0 Å². The average Bonchev–Trinajstić information content (AvgIpc) is 2.39. The van der Waals surface area contributed by atoms with Gasteiger partial charge in [-0.3, -0.25) is 4.79 Å². The van der Waals surface area contributed by atoms with Crippen LogP contribution in [0.3, 0.4) is 0 Å². The molecule has 0 aromatic heterocycles. The summed E-state index contributed by atoms with van der Waals surface area (Å²) in [6, 6.07) is 11.2. The van der Waals surface area contributed by atoms with Crippen LogP contribution in [-0.4, -0.2) is 19.0 Å². The first-order chi connectivity index (χ1) is 8.76. The Balaban J connectivity index is 2.27. The lowest BCUT2D eigenvalue weighted by Crippen LogP contribution is -2.34. The van der Waals surface area contributed by atoms with Crippen LogP contribution in [0.2, 0.25) is 0 Å². The van der Waals surface area contributed by atoms with Gasteiger partial charge in [-0.15, -0.1) is 0 Å². The molecule has 2 N–H and O–H groups in total. The number of hydrogen-bond acceptors (Lipinski definition) is 4. The van der Waals surface area contributed by atoms with E-state index in [0.717, 1.165) is 5.56 Å². The van der Waals surface area contributed by atoms with Crippen molar-refractivity contribution in [3.63, 3.8) is 0 Å². The van der Waals surface area contributed by atoms with E-state index in [1.54, 1.807) is 12.1 Å². The summed E-state index contributed by atoms with van der Waals surface area (Å²) in [4.78, 5) is 11.3. The molecular weight excluding hydrogens is 228 g/mol. The molecule has 5 nitrogen and oxygen atoms in total. The van der Waals surface area contributed by atoms with Gasteiger partial charge in [0.25, 0.3) is 0 Å². The molecule has 0 atom stereocenters. The van der Waals surface area contributed by atoms with Crippen molar-refractivity contribution in [2.75, 3.05) is 13.1 Å². The Morgan fingerprint density at radius 1 is 1.33 bits per heavy atom. The highest BCUT2D eigenvalue weighted by molar-refractivity contribution is 5.77. The minimum atomic E-state index is -0.137. The van der Waals surface area contributed by atoms with Crippen LogP contribution >= 0.6 is 0 Å². The highest BCUT2D eigenvalue weighted by Gasteiger charge is 2.00. The summed E-state index contributed by atoms with van der Waals surface area (Å²) >= 11 is 0. The van der Waals surface area contributed by atoms with Crippen LogP contribution in [0.25, 0.3) is 0 Å². The standard InChI is InChI=1S/C13H14N4O/c14-5-2-6-17-13(18)10-16-9-12-4-1-3-11(7-12)8-15/h1,3-4,7,16H,2,6,9-10H2,(H,17,18). The van der Waals surface area contributed by atoms with Crippen molar-refractivity contribution in [2.45, 2.75) is 13.0 Å². The molecular formula is C13H14N4O. The Kier molecular flexibility index (Phi) is 5.96. The third-order valence-electron chi connectivity index (χ3n) is 2.23. The van der Waals surface area contributed by atoms with Crippen molar-refractivity contribution >= 4 is 5.91 Å². The van der Waals surface area contributed by atoms with Crippen molar-refractivity contribution in [3.05, 3.63) is 35.4 Å². The fraction of sp³-hybridized carbons (Fsp3) is 0.308. The molecule has 92 valence electrons. The minimum Gasteiger partial charge on any atom is -0.354 e. The molecule has 0 heterocycles. The van der Waals surface area contributed by atoms with Gasteiger partial charge in [-0.25, -0.2) is 0 Å². The summed E-state index contributed by atoms with van der Waals surface area (Å²) in [5, 5.41) is 22.6. The first-order valence-corrected chi connectivity index (χ1v) is 5.59. The van der Waals surface area contributed by atoms with Gasteiger partial charge in [-0.1, -0.05) is 12.1 Å². The number of nitrogens with zero attached hydrogens (tertiary/aromatic N) is 2. The second kappa shape index (κ2) is 7.83. The lowest BCUT2D eigenvalue weighted by Gasteiger charge is -2.05. The van der Waals surface area contributed by atoms with Crippen LogP contribution in [0.5, 0.6) is 0 Å². The van der Waals surface area contributed by atoms with Crippen molar-refractivity contribution in [1.29, 1.82) is 10.5 Å². The van der Waals surface area contributed by atoms with Gasteiger partial charge >= 0.3 is 0 Å². The highest BCUT2D eigenvalue weighted by Crippen LogP contribution is 2.03. The molecule has 0 radical (unpaired) electrons. The van der Waals surface area contributed by atoms with Gasteiger partial charge in [0.2, 0.25) is 5.91 Å². The van der Waals surface area contributed by atoms with Crippen LogP contribution in [0.1, 0.15) is 17.5 Å². The zero-order chi connectivity index (χ0) is 13.2. The second-order valence-electron chi connectivity index (χ2n) is 3.67. The van der Waals surface area contributed by atoms with Gasteiger partial charge in [-0.05, 0) is 17.7 Å². The molecule has 18 heavy (non-hydrogen) atoms. The molecule has 0 saturated carbocycles. The van der Waals surface area contributed by atoms with Gasteiger partial charge in [-0.2, -0.15) is 10.5 Å². The molecule has 0 bridgehead atoms. The summed E-state index contributed by atoms with van der Waals surface area (Å²) < 4.78 is 0. The molecule has 5 heteroatoms. The van der Waals surface area contributed by atoms with E-state index in [9.17, 15) is 4.79 Å². The highest BCUT2D eigenvalue weighted by atomic mass is 16.1. The third-order valence-corrected chi connectivity index (χ3v) is 2.23. The lowest BCUT2D eigenvalue weighted by molar-refractivity contribution is -0.120. The van der Waals surface area contributed by atoms with Gasteiger partial charge in [0.1, 0.15) is 0 Å². The lowest BCUT2D eigenvalue weighted by atomic mass is 10.1. The molecule has 1 aromatic carbocycles. The van der Waals surface area contributed by atoms with E-state index in [4.69, 9.17) is 10.5 Å². The number of carbonyl (C=O) groups excluding carboxylic acids is 1. The quantitative estimate of drug-likeness (QED) is 0.718. The predicted octanol–water partition coefficient (Wildman–Crippen LogP) is 0.678. The monoisotopic (exact) mass is 242 g/mol. The van der Waals surface area contributed by atoms with E-state index >= 15 is 0 Å². The number of nitrogens with one attached hydrogen (secondary N) is 2. The van der Waals surface area contributed by atoms with Gasteiger partial charge < -0.3 is 10.6 Å². The predicted molar refractivity (Wildman–Crippen MR) is 66.1 cm³/mol. The normalized spacial score (nSPS) is 9.22. The molecule has 0 unspecified atom stereocenters. The fourth-order valence-corrected chi connectivity index (χ4v) is 1.39. The molecule has 1 rings (SSSR count). The maximum Gasteiger partial charge on any atom is 0.234 e. The zero-order valence-corrected chi connectivity index (χ0v) is 9.94. The van der Waals surface area contributed by atoms with E-state index in [-0.39, 0.29) is 12.5 Å². The molecule has 0 fully saturated rings. The summed E-state index contributed by atoms with van der Waals surface area (Å²) in [6.45, 7) is 1.10. The number of carbonyl (C=O) groups is 1. The molecule has 1 amide bonds. The maximum atomic E-state index is 11.3. The van der Waals surface area contributed by atoms with Crippen LogP contribution in [0, 0.1) is 22.7 Å². The molecule has 0 aliphatic carbocycles. The summed E-state index contributed by atoms with van der Waals surface area (Å²) in [5.74, 6) is -0.137.